The van der Waals surface area contributed by atoms with Gasteiger partial charge >= 0.3 is 0 Å². The summed E-state index contributed by atoms with van der Waals surface area (Å²) in [5.41, 5.74) is 4.48. The van der Waals surface area contributed by atoms with Gasteiger partial charge in [-0.15, -0.1) is 0 Å². The number of rotatable bonds is 5. The first-order chi connectivity index (χ1) is 10.2. The fraction of sp³-hybridized carbons (Fsp3) is 0.471. The third-order valence-corrected chi connectivity index (χ3v) is 4.13. The monoisotopic (exact) mass is 286 g/mol. The number of nitrogens with zero attached hydrogens (tertiary/aromatic N) is 2. The van der Waals surface area contributed by atoms with Crippen LogP contribution in [0.25, 0.3) is 0 Å². The van der Waals surface area contributed by atoms with E-state index >= 15 is 0 Å². The summed E-state index contributed by atoms with van der Waals surface area (Å²) < 4.78 is 7.31. The molecule has 0 spiro atoms. The van der Waals surface area contributed by atoms with Gasteiger partial charge < -0.3 is 9.84 Å². The second-order valence-corrected chi connectivity index (χ2v) is 5.63. The van der Waals surface area contributed by atoms with E-state index in [1.807, 2.05) is 19.2 Å². The molecule has 1 aliphatic heterocycles. The molecule has 1 aromatic carbocycles. The molecule has 1 aromatic heterocycles. The zero-order valence-electron chi connectivity index (χ0n) is 12.7. The van der Waals surface area contributed by atoms with Crippen molar-refractivity contribution in [1.82, 2.24) is 9.78 Å². The van der Waals surface area contributed by atoms with Crippen molar-refractivity contribution in [2.45, 2.75) is 38.7 Å². The predicted octanol–water partition coefficient (Wildman–Crippen LogP) is 2.58. The Hall–Kier alpha value is -1.81. The van der Waals surface area contributed by atoms with E-state index in [4.69, 9.17) is 4.74 Å². The van der Waals surface area contributed by atoms with Crippen molar-refractivity contribution in [3.05, 3.63) is 46.8 Å². The van der Waals surface area contributed by atoms with Gasteiger partial charge in [0.25, 0.3) is 0 Å². The molecule has 0 aliphatic carbocycles. The number of ether oxygens (including phenoxy) is 1. The van der Waals surface area contributed by atoms with E-state index in [0.29, 0.717) is 6.42 Å². The minimum absolute atomic E-state index is 0.465. The van der Waals surface area contributed by atoms with Crippen LogP contribution >= 0.6 is 0 Å². The molecule has 2 aromatic rings. The van der Waals surface area contributed by atoms with Crippen molar-refractivity contribution in [2.75, 3.05) is 6.61 Å². The lowest BCUT2D eigenvalue weighted by Gasteiger charge is -2.11. The zero-order valence-corrected chi connectivity index (χ0v) is 12.7. The highest BCUT2D eigenvalue weighted by Crippen LogP contribution is 2.27. The fourth-order valence-electron chi connectivity index (χ4n) is 2.87. The van der Waals surface area contributed by atoms with Gasteiger partial charge in [0.15, 0.2) is 0 Å². The normalized spacial score (nSPS) is 14.8. The Morgan fingerprint density at radius 3 is 3.00 bits per heavy atom. The Balaban J connectivity index is 1.65. The Labute approximate surface area is 125 Å². The molecule has 0 amide bonds. The number of fused-ring (bicyclic) bond motifs is 1. The maximum absolute atomic E-state index is 10.4. The molecule has 4 heteroatoms. The van der Waals surface area contributed by atoms with Crippen LogP contribution in [0.4, 0.5) is 0 Å². The molecule has 1 unspecified atom stereocenters. The summed E-state index contributed by atoms with van der Waals surface area (Å²) in [6, 6.07) is 8.35. The van der Waals surface area contributed by atoms with Crippen LogP contribution in [0.3, 0.4) is 0 Å². The van der Waals surface area contributed by atoms with Gasteiger partial charge in [-0.3, -0.25) is 4.68 Å². The van der Waals surface area contributed by atoms with Crippen LogP contribution in [0.5, 0.6) is 5.75 Å². The molecule has 0 saturated heterocycles. The van der Waals surface area contributed by atoms with E-state index < -0.39 is 6.10 Å². The molecule has 0 bridgehead atoms. The Morgan fingerprint density at radius 2 is 2.24 bits per heavy atom. The number of aliphatic hydroxyl groups is 1. The second kappa shape index (κ2) is 5.90. The Kier molecular flexibility index (Phi) is 3.97. The van der Waals surface area contributed by atoms with Crippen molar-refractivity contribution in [3.8, 4) is 5.75 Å². The smallest absolute Gasteiger partial charge is 0.122 e. The highest BCUT2D eigenvalue weighted by molar-refractivity contribution is 5.39. The number of aryl methyl sites for hydroxylation is 3. The quantitative estimate of drug-likeness (QED) is 0.919. The first kappa shape index (κ1) is 14.1. The molecule has 4 nitrogen and oxygen atoms in total. The third-order valence-electron chi connectivity index (χ3n) is 4.13. The van der Waals surface area contributed by atoms with Crippen molar-refractivity contribution >= 4 is 0 Å². The summed E-state index contributed by atoms with van der Waals surface area (Å²) in [6.45, 7) is 2.86. The lowest BCUT2D eigenvalue weighted by Crippen LogP contribution is -2.06. The van der Waals surface area contributed by atoms with Gasteiger partial charge in [0.2, 0.25) is 0 Å². The Bertz CT molecular complexity index is 634. The maximum atomic E-state index is 10.4. The average Bonchev–Trinajstić information content (AvgIpc) is 3.10. The maximum Gasteiger partial charge on any atom is 0.122 e. The molecule has 1 atom stereocenters. The van der Waals surface area contributed by atoms with E-state index in [-0.39, 0.29) is 0 Å². The van der Waals surface area contributed by atoms with Gasteiger partial charge in [-0.05, 0) is 42.5 Å². The van der Waals surface area contributed by atoms with Gasteiger partial charge in [0, 0.05) is 13.5 Å². The van der Waals surface area contributed by atoms with Crippen LogP contribution in [-0.2, 0) is 26.3 Å². The fourth-order valence-corrected chi connectivity index (χ4v) is 2.87. The molecule has 1 aliphatic rings. The summed E-state index contributed by atoms with van der Waals surface area (Å²) in [5.74, 6) is 1.01. The minimum Gasteiger partial charge on any atom is -0.493 e. The number of hydrogen-bond acceptors (Lipinski definition) is 3. The highest BCUT2D eigenvalue weighted by Gasteiger charge is 2.15. The predicted molar refractivity (Wildman–Crippen MR) is 81.5 cm³/mol. The lowest BCUT2D eigenvalue weighted by atomic mass is 10.0. The molecule has 0 radical (unpaired) electrons. The Morgan fingerprint density at radius 1 is 1.38 bits per heavy atom. The van der Waals surface area contributed by atoms with Crippen LogP contribution in [0.2, 0.25) is 0 Å². The molecular formula is C17H22N2O2. The molecule has 0 saturated carbocycles. The van der Waals surface area contributed by atoms with Gasteiger partial charge in [-0.2, -0.15) is 5.10 Å². The van der Waals surface area contributed by atoms with Crippen LogP contribution in [-0.4, -0.2) is 21.5 Å². The van der Waals surface area contributed by atoms with E-state index in [0.717, 1.165) is 43.0 Å². The SMILES string of the molecule is CCc1cc(C(O)CCc2ccc3c(c2)CCO3)n(C)n1. The third kappa shape index (κ3) is 2.95. The van der Waals surface area contributed by atoms with Crippen LogP contribution in [0.15, 0.2) is 24.3 Å². The van der Waals surface area contributed by atoms with Gasteiger partial charge in [-0.25, -0.2) is 0 Å². The topological polar surface area (TPSA) is 47.3 Å². The summed E-state index contributed by atoms with van der Waals surface area (Å²) in [5, 5.41) is 14.8. The summed E-state index contributed by atoms with van der Waals surface area (Å²) in [4.78, 5) is 0. The van der Waals surface area contributed by atoms with Gasteiger partial charge in [0.05, 0.1) is 24.1 Å². The molecule has 21 heavy (non-hydrogen) atoms. The van der Waals surface area contributed by atoms with E-state index in [2.05, 4.69) is 24.2 Å². The number of aromatic nitrogens is 2. The van der Waals surface area contributed by atoms with Gasteiger partial charge in [-0.1, -0.05) is 19.1 Å². The van der Waals surface area contributed by atoms with E-state index in [1.165, 1.54) is 11.1 Å². The van der Waals surface area contributed by atoms with E-state index in [9.17, 15) is 5.11 Å². The standard InChI is InChI=1S/C17H22N2O2/c1-3-14-11-15(19(2)18-14)16(20)6-4-12-5-7-17-13(10-12)8-9-21-17/h5,7,10-11,16,20H,3-4,6,8-9H2,1-2H3. The second-order valence-electron chi connectivity index (χ2n) is 5.63. The molecule has 2 heterocycles. The van der Waals surface area contributed by atoms with Crippen LogP contribution in [0.1, 0.15) is 42.0 Å². The van der Waals surface area contributed by atoms with Crippen LogP contribution < -0.4 is 4.74 Å². The number of aliphatic hydroxyl groups excluding tert-OH is 1. The van der Waals surface area contributed by atoms with Crippen molar-refractivity contribution < 1.29 is 9.84 Å². The molecule has 1 N–H and O–H groups in total. The summed E-state index contributed by atoms with van der Waals surface area (Å²) >= 11 is 0. The van der Waals surface area contributed by atoms with E-state index in [1.54, 1.807) is 4.68 Å². The number of benzene rings is 1. The molecule has 112 valence electrons. The average molecular weight is 286 g/mol. The molecule has 3 rings (SSSR count). The van der Waals surface area contributed by atoms with Gasteiger partial charge in [0.1, 0.15) is 5.75 Å². The summed E-state index contributed by atoms with van der Waals surface area (Å²) in [6.07, 6.45) is 2.99. The number of hydrogen-bond donors (Lipinski definition) is 1. The largest absolute Gasteiger partial charge is 0.493 e. The first-order valence-electron chi connectivity index (χ1n) is 7.63. The molecule has 0 fully saturated rings. The minimum atomic E-state index is -0.465. The lowest BCUT2D eigenvalue weighted by molar-refractivity contribution is 0.158. The first-order valence-corrected chi connectivity index (χ1v) is 7.63. The highest BCUT2D eigenvalue weighted by atomic mass is 16.5. The zero-order chi connectivity index (χ0) is 14.8. The van der Waals surface area contributed by atoms with Crippen molar-refractivity contribution in [3.63, 3.8) is 0 Å². The summed E-state index contributed by atoms with van der Waals surface area (Å²) in [7, 11) is 1.89. The van der Waals surface area contributed by atoms with Crippen molar-refractivity contribution in [1.29, 1.82) is 0 Å². The van der Waals surface area contributed by atoms with Crippen LogP contribution in [0, 0.1) is 0 Å². The molecular weight excluding hydrogens is 264 g/mol. The van der Waals surface area contributed by atoms with Crippen molar-refractivity contribution in [2.24, 2.45) is 7.05 Å².